The van der Waals surface area contributed by atoms with E-state index >= 15 is 0 Å². The average Bonchev–Trinajstić information content (AvgIpc) is 2.74. The lowest BCUT2D eigenvalue weighted by molar-refractivity contribution is 0.607. The van der Waals surface area contributed by atoms with Gasteiger partial charge in [0.1, 0.15) is 0 Å². The molecule has 4 aromatic rings. The standard InChI is InChI=1S/C24H20N2O2S/c1-29(27,28)26-24-13-12-20(16-22(24)19-10-6-3-7-11-19)23-17-25-15-14-21(23)18-8-4-2-5-9-18/h2-17,26H,1H3. The summed E-state index contributed by atoms with van der Waals surface area (Å²) in [5.74, 6) is 0. The molecule has 1 N–H and O–H groups in total. The van der Waals surface area contributed by atoms with Crippen molar-refractivity contribution in [2.24, 2.45) is 0 Å². The molecule has 0 bridgehead atoms. The molecule has 0 aliphatic rings. The number of hydrogen-bond donors (Lipinski definition) is 1. The van der Waals surface area contributed by atoms with Crippen molar-refractivity contribution in [3.8, 4) is 33.4 Å². The van der Waals surface area contributed by atoms with Crippen molar-refractivity contribution < 1.29 is 8.42 Å². The smallest absolute Gasteiger partial charge is 0.229 e. The first kappa shape index (κ1) is 18.9. The second-order valence-corrected chi connectivity index (χ2v) is 8.54. The Morgan fingerprint density at radius 2 is 1.31 bits per heavy atom. The minimum absolute atomic E-state index is 0.549. The van der Waals surface area contributed by atoms with Crippen LogP contribution in [0.25, 0.3) is 33.4 Å². The quantitative estimate of drug-likeness (QED) is 0.484. The van der Waals surface area contributed by atoms with Crippen LogP contribution in [0, 0.1) is 0 Å². The summed E-state index contributed by atoms with van der Waals surface area (Å²) in [6.07, 6.45) is 4.78. The molecule has 0 fully saturated rings. The highest BCUT2D eigenvalue weighted by atomic mass is 32.2. The number of nitrogens with one attached hydrogen (secondary N) is 1. The van der Waals surface area contributed by atoms with Crippen LogP contribution in [0.4, 0.5) is 5.69 Å². The molecule has 0 saturated heterocycles. The van der Waals surface area contributed by atoms with E-state index in [1.165, 1.54) is 0 Å². The van der Waals surface area contributed by atoms with Crippen LogP contribution in [-0.2, 0) is 10.0 Å². The number of sulfonamides is 1. The third-order valence-corrected chi connectivity index (χ3v) is 5.21. The lowest BCUT2D eigenvalue weighted by Crippen LogP contribution is -2.10. The van der Waals surface area contributed by atoms with Crippen LogP contribution in [0.2, 0.25) is 0 Å². The fraction of sp³-hybridized carbons (Fsp3) is 0.0417. The molecule has 4 nitrogen and oxygen atoms in total. The number of pyridine rings is 1. The molecule has 0 amide bonds. The van der Waals surface area contributed by atoms with Crippen LogP contribution in [0.1, 0.15) is 0 Å². The van der Waals surface area contributed by atoms with Gasteiger partial charge >= 0.3 is 0 Å². The summed E-state index contributed by atoms with van der Waals surface area (Å²) in [7, 11) is -3.40. The van der Waals surface area contributed by atoms with Crippen molar-refractivity contribution in [2.75, 3.05) is 11.0 Å². The Bertz CT molecular complexity index is 1240. The fourth-order valence-electron chi connectivity index (χ4n) is 3.35. The first-order valence-electron chi connectivity index (χ1n) is 9.18. The molecule has 3 aromatic carbocycles. The summed E-state index contributed by atoms with van der Waals surface area (Å²) >= 11 is 0. The molecule has 0 aliphatic carbocycles. The minimum atomic E-state index is -3.40. The van der Waals surface area contributed by atoms with Gasteiger partial charge in [0.05, 0.1) is 11.9 Å². The summed E-state index contributed by atoms with van der Waals surface area (Å²) in [6.45, 7) is 0. The zero-order valence-corrected chi connectivity index (χ0v) is 16.7. The molecule has 0 spiro atoms. The number of hydrogen-bond acceptors (Lipinski definition) is 3. The van der Waals surface area contributed by atoms with E-state index < -0.39 is 10.0 Å². The van der Waals surface area contributed by atoms with Crippen LogP contribution in [0.3, 0.4) is 0 Å². The summed E-state index contributed by atoms with van der Waals surface area (Å²) < 4.78 is 26.3. The fourth-order valence-corrected chi connectivity index (χ4v) is 3.93. The van der Waals surface area contributed by atoms with Crippen LogP contribution < -0.4 is 4.72 Å². The molecule has 0 aliphatic heterocycles. The zero-order chi connectivity index (χ0) is 20.3. The van der Waals surface area contributed by atoms with E-state index in [0.29, 0.717) is 5.69 Å². The van der Waals surface area contributed by atoms with Crippen LogP contribution >= 0.6 is 0 Å². The summed E-state index contributed by atoms with van der Waals surface area (Å²) in [5.41, 5.74) is 6.43. The van der Waals surface area contributed by atoms with E-state index in [1.807, 2.05) is 72.9 Å². The Labute approximate surface area is 170 Å². The Morgan fingerprint density at radius 3 is 1.93 bits per heavy atom. The molecule has 1 aromatic heterocycles. The summed E-state index contributed by atoms with van der Waals surface area (Å²) in [6, 6.07) is 27.6. The molecule has 29 heavy (non-hydrogen) atoms. The minimum Gasteiger partial charge on any atom is -0.283 e. The zero-order valence-electron chi connectivity index (χ0n) is 15.9. The van der Waals surface area contributed by atoms with Gasteiger partial charge in [-0.25, -0.2) is 8.42 Å². The molecule has 4 rings (SSSR count). The molecule has 0 atom stereocenters. The second kappa shape index (κ2) is 7.89. The van der Waals surface area contributed by atoms with Gasteiger partial charge in [0.15, 0.2) is 0 Å². The van der Waals surface area contributed by atoms with Crippen molar-refractivity contribution in [2.45, 2.75) is 0 Å². The topological polar surface area (TPSA) is 59.1 Å². The maximum Gasteiger partial charge on any atom is 0.229 e. The third kappa shape index (κ3) is 4.36. The first-order chi connectivity index (χ1) is 14.0. The van der Waals surface area contributed by atoms with Gasteiger partial charge in [0.25, 0.3) is 0 Å². The van der Waals surface area contributed by atoms with Gasteiger partial charge in [-0.1, -0.05) is 66.7 Å². The van der Waals surface area contributed by atoms with Crippen molar-refractivity contribution in [1.82, 2.24) is 4.98 Å². The largest absolute Gasteiger partial charge is 0.283 e. The maximum absolute atomic E-state index is 11.9. The first-order valence-corrected chi connectivity index (χ1v) is 11.1. The number of anilines is 1. The number of nitrogens with zero attached hydrogens (tertiary/aromatic N) is 1. The monoisotopic (exact) mass is 400 g/mol. The number of rotatable bonds is 5. The molecule has 0 unspecified atom stereocenters. The Morgan fingerprint density at radius 1 is 0.690 bits per heavy atom. The molecule has 0 saturated carbocycles. The van der Waals surface area contributed by atoms with E-state index in [2.05, 4.69) is 21.8 Å². The molecular formula is C24H20N2O2S. The third-order valence-electron chi connectivity index (χ3n) is 4.62. The van der Waals surface area contributed by atoms with Gasteiger partial charge in [-0.2, -0.15) is 0 Å². The highest BCUT2D eigenvalue weighted by molar-refractivity contribution is 7.92. The molecule has 144 valence electrons. The van der Waals surface area contributed by atoms with Gasteiger partial charge in [-0.3, -0.25) is 9.71 Å². The second-order valence-electron chi connectivity index (χ2n) is 6.79. The van der Waals surface area contributed by atoms with Gasteiger partial charge in [0.2, 0.25) is 10.0 Å². The summed E-state index contributed by atoms with van der Waals surface area (Å²) in [4.78, 5) is 4.32. The lowest BCUT2D eigenvalue weighted by atomic mass is 9.93. The van der Waals surface area contributed by atoms with Crippen molar-refractivity contribution in [3.05, 3.63) is 97.3 Å². The average molecular weight is 401 g/mol. The van der Waals surface area contributed by atoms with Gasteiger partial charge in [-0.15, -0.1) is 0 Å². The van der Waals surface area contributed by atoms with Crippen molar-refractivity contribution in [3.63, 3.8) is 0 Å². The van der Waals surface area contributed by atoms with E-state index in [-0.39, 0.29) is 0 Å². The van der Waals surface area contributed by atoms with Crippen LogP contribution in [-0.4, -0.2) is 19.7 Å². The highest BCUT2D eigenvalue weighted by Gasteiger charge is 2.13. The normalized spacial score (nSPS) is 11.2. The Hall–Kier alpha value is -3.44. The number of aromatic nitrogens is 1. The van der Waals surface area contributed by atoms with Crippen LogP contribution in [0.15, 0.2) is 97.3 Å². The predicted molar refractivity (Wildman–Crippen MR) is 119 cm³/mol. The predicted octanol–water partition coefficient (Wildman–Crippen LogP) is 5.45. The molecular weight excluding hydrogens is 380 g/mol. The lowest BCUT2D eigenvalue weighted by Gasteiger charge is -2.15. The molecule has 1 heterocycles. The SMILES string of the molecule is CS(=O)(=O)Nc1ccc(-c2cnccc2-c2ccccc2)cc1-c1ccccc1. The van der Waals surface area contributed by atoms with Gasteiger partial charge < -0.3 is 0 Å². The van der Waals surface area contributed by atoms with E-state index in [4.69, 9.17) is 0 Å². The Balaban J connectivity index is 1.89. The van der Waals surface area contributed by atoms with E-state index in [0.717, 1.165) is 39.6 Å². The summed E-state index contributed by atoms with van der Waals surface area (Å²) in [5, 5.41) is 0. The maximum atomic E-state index is 11.9. The van der Waals surface area contributed by atoms with E-state index in [1.54, 1.807) is 12.3 Å². The molecule has 0 radical (unpaired) electrons. The molecule has 5 heteroatoms. The van der Waals surface area contributed by atoms with Gasteiger partial charge in [0, 0.05) is 23.5 Å². The number of benzene rings is 3. The highest BCUT2D eigenvalue weighted by Crippen LogP contribution is 2.36. The van der Waals surface area contributed by atoms with Crippen molar-refractivity contribution in [1.29, 1.82) is 0 Å². The Kier molecular flexibility index (Phi) is 5.14. The van der Waals surface area contributed by atoms with Crippen molar-refractivity contribution >= 4 is 15.7 Å². The van der Waals surface area contributed by atoms with Gasteiger partial charge in [-0.05, 0) is 40.5 Å². The van der Waals surface area contributed by atoms with E-state index in [9.17, 15) is 8.42 Å². The van der Waals surface area contributed by atoms with Crippen LogP contribution in [0.5, 0.6) is 0 Å².